The highest BCUT2D eigenvalue weighted by Crippen LogP contribution is 2.40. The minimum absolute atomic E-state index is 0.0504. The fourth-order valence-electron chi connectivity index (χ4n) is 3.17. The Bertz CT molecular complexity index is 766. The number of Topliss-reactive ketones (excluding diaryl/α,β-unsaturated/α-hetero) is 1. The number of benzene rings is 1. The molecular weight excluding hydrogens is 288 g/mol. The summed E-state index contributed by atoms with van der Waals surface area (Å²) in [6.45, 7) is 5.11. The summed E-state index contributed by atoms with van der Waals surface area (Å²) in [6, 6.07) is 12.3. The van der Waals surface area contributed by atoms with Gasteiger partial charge in [-0.05, 0) is 31.1 Å². The zero-order valence-electron chi connectivity index (χ0n) is 13.7. The van der Waals surface area contributed by atoms with E-state index in [9.17, 15) is 4.79 Å². The molecule has 0 unspecified atom stereocenters. The molecule has 118 valence electrons. The van der Waals surface area contributed by atoms with E-state index >= 15 is 0 Å². The Hall–Kier alpha value is -2.62. The second-order valence-electron chi connectivity index (χ2n) is 5.77. The maximum absolute atomic E-state index is 12.1. The SMILES string of the molecule is COc1nccc2c1C(C(C)=O)=C(C)CN2Cc1ccccc1. The second-order valence-corrected chi connectivity index (χ2v) is 5.77. The standard InChI is InChI=1S/C19H20N2O2/c1-13-11-21(12-15-7-5-4-6-8-15)16-9-10-20-19(23-3)18(16)17(13)14(2)22/h4-10H,11-12H2,1-3H3. The molecule has 23 heavy (non-hydrogen) atoms. The zero-order valence-corrected chi connectivity index (χ0v) is 13.7. The maximum Gasteiger partial charge on any atom is 0.223 e. The van der Waals surface area contributed by atoms with Gasteiger partial charge in [0, 0.05) is 24.9 Å². The third kappa shape index (κ3) is 2.84. The molecule has 1 aromatic heterocycles. The first-order valence-corrected chi connectivity index (χ1v) is 7.64. The van der Waals surface area contributed by atoms with Crippen molar-refractivity contribution in [3.63, 3.8) is 0 Å². The molecule has 0 radical (unpaired) electrons. The molecule has 0 bridgehead atoms. The molecule has 4 heteroatoms. The number of allylic oxidation sites excluding steroid dienone is 1. The number of pyridine rings is 1. The van der Waals surface area contributed by atoms with Gasteiger partial charge < -0.3 is 9.64 Å². The maximum atomic E-state index is 12.1. The van der Waals surface area contributed by atoms with Crippen molar-refractivity contribution >= 4 is 17.0 Å². The number of aromatic nitrogens is 1. The van der Waals surface area contributed by atoms with E-state index in [-0.39, 0.29) is 5.78 Å². The first kappa shape index (κ1) is 15.3. The van der Waals surface area contributed by atoms with Crippen LogP contribution < -0.4 is 9.64 Å². The van der Waals surface area contributed by atoms with E-state index in [1.165, 1.54) is 5.56 Å². The van der Waals surface area contributed by atoms with E-state index in [2.05, 4.69) is 22.0 Å². The number of hydrogen-bond acceptors (Lipinski definition) is 4. The summed E-state index contributed by atoms with van der Waals surface area (Å²) < 4.78 is 5.42. The molecule has 4 nitrogen and oxygen atoms in total. The first-order chi connectivity index (χ1) is 11.1. The average Bonchev–Trinajstić information content (AvgIpc) is 2.55. The van der Waals surface area contributed by atoms with Crippen molar-refractivity contribution in [2.45, 2.75) is 20.4 Å². The van der Waals surface area contributed by atoms with Crippen LogP contribution in [0.4, 0.5) is 5.69 Å². The van der Waals surface area contributed by atoms with E-state index in [0.29, 0.717) is 5.88 Å². The molecule has 0 amide bonds. The topological polar surface area (TPSA) is 42.4 Å². The highest BCUT2D eigenvalue weighted by molar-refractivity contribution is 6.23. The Balaban J connectivity index is 2.09. The number of anilines is 1. The van der Waals surface area contributed by atoms with Crippen LogP contribution in [0.15, 0.2) is 48.2 Å². The molecule has 0 atom stereocenters. The third-order valence-corrected chi connectivity index (χ3v) is 4.10. The summed E-state index contributed by atoms with van der Waals surface area (Å²) in [5, 5.41) is 0. The molecule has 2 heterocycles. The van der Waals surface area contributed by atoms with Gasteiger partial charge in [0.25, 0.3) is 0 Å². The van der Waals surface area contributed by atoms with Gasteiger partial charge in [0.05, 0.1) is 18.4 Å². The van der Waals surface area contributed by atoms with Crippen molar-refractivity contribution in [3.8, 4) is 5.88 Å². The molecule has 1 aliphatic rings. The van der Waals surface area contributed by atoms with Crippen molar-refractivity contribution in [3.05, 3.63) is 59.3 Å². The number of fused-ring (bicyclic) bond motifs is 1. The van der Waals surface area contributed by atoms with Crippen LogP contribution in [0.25, 0.3) is 5.57 Å². The summed E-state index contributed by atoms with van der Waals surface area (Å²) in [5.74, 6) is 0.555. The van der Waals surface area contributed by atoms with Crippen LogP contribution >= 0.6 is 0 Å². The lowest BCUT2D eigenvalue weighted by atomic mass is 9.92. The number of ether oxygens (including phenoxy) is 1. The normalized spacial score (nSPS) is 13.8. The molecule has 1 aliphatic heterocycles. The van der Waals surface area contributed by atoms with Gasteiger partial charge in [-0.15, -0.1) is 0 Å². The summed E-state index contributed by atoms with van der Waals surface area (Å²) in [6.07, 6.45) is 1.73. The molecule has 3 rings (SSSR count). The minimum atomic E-state index is 0.0504. The van der Waals surface area contributed by atoms with Gasteiger partial charge in [-0.25, -0.2) is 4.98 Å². The Kier molecular flexibility index (Phi) is 4.15. The quantitative estimate of drug-likeness (QED) is 0.867. The highest BCUT2D eigenvalue weighted by atomic mass is 16.5. The number of methoxy groups -OCH3 is 1. The molecule has 0 spiro atoms. The number of ketones is 1. The van der Waals surface area contributed by atoms with Gasteiger partial charge in [-0.3, -0.25) is 4.79 Å². The molecule has 0 N–H and O–H groups in total. The number of rotatable bonds is 4. The number of nitrogens with zero attached hydrogens (tertiary/aromatic N) is 2. The Morgan fingerprint density at radius 3 is 2.65 bits per heavy atom. The molecule has 0 saturated heterocycles. The van der Waals surface area contributed by atoms with Gasteiger partial charge in [-0.2, -0.15) is 0 Å². The molecule has 0 saturated carbocycles. The summed E-state index contributed by atoms with van der Waals surface area (Å²) in [7, 11) is 1.59. The monoisotopic (exact) mass is 308 g/mol. The van der Waals surface area contributed by atoms with Crippen molar-refractivity contribution in [1.29, 1.82) is 0 Å². The summed E-state index contributed by atoms with van der Waals surface area (Å²) in [5.41, 5.74) is 4.81. The molecular formula is C19H20N2O2. The van der Waals surface area contributed by atoms with Crippen molar-refractivity contribution in [1.82, 2.24) is 4.98 Å². The smallest absolute Gasteiger partial charge is 0.223 e. The van der Waals surface area contributed by atoms with Gasteiger partial charge in [-0.1, -0.05) is 30.3 Å². The first-order valence-electron chi connectivity index (χ1n) is 7.64. The predicted molar refractivity (Wildman–Crippen MR) is 91.6 cm³/mol. The van der Waals surface area contributed by atoms with Crippen LogP contribution in [-0.2, 0) is 11.3 Å². The van der Waals surface area contributed by atoms with E-state index in [0.717, 1.165) is 35.5 Å². The largest absolute Gasteiger partial charge is 0.480 e. The van der Waals surface area contributed by atoms with E-state index in [1.54, 1.807) is 20.2 Å². The Morgan fingerprint density at radius 1 is 1.26 bits per heavy atom. The lowest BCUT2D eigenvalue weighted by molar-refractivity contribution is -0.111. The minimum Gasteiger partial charge on any atom is -0.480 e. The molecule has 1 aromatic carbocycles. The van der Waals surface area contributed by atoms with Gasteiger partial charge in [0.2, 0.25) is 5.88 Å². The van der Waals surface area contributed by atoms with Crippen LogP contribution in [-0.4, -0.2) is 24.4 Å². The second kappa shape index (κ2) is 6.24. The highest BCUT2D eigenvalue weighted by Gasteiger charge is 2.28. The lowest BCUT2D eigenvalue weighted by Crippen LogP contribution is -2.30. The van der Waals surface area contributed by atoms with Crippen molar-refractivity contribution in [2.24, 2.45) is 0 Å². The average molecular weight is 308 g/mol. The summed E-state index contributed by atoms with van der Waals surface area (Å²) in [4.78, 5) is 18.7. The number of carbonyl (C=O) groups is 1. The van der Waals surface area contributed by atoms with E-state index in [4.69, 9.17) is 4.74 Å². The van der Waals surface area contributed by atoms with Crippen LogP contribution in [0.2, 0.25) is 0 Å². The van der Waals surface area contributed by atoms with Gasteiger partial charge in [0.1, 0.15) is 0 Å². The van der Waals surface area contributed by atoms with Crippen LogP contribution in [0, 0.1) is 0 Å². The van der Waals surface area contributed by atoms with Crippen LogP contribution in [0.5, 0.6) is 5.88 Å². The van der Waals surface area contributed by atoms with Crippen LogP contribution in [0.3, 0.4) is 0 Å². The Labute approximate surface area is 136 Å². The molecule has 0 aliphatic carbocycles. The summed E-state index contributed by atoms with van der Waals surface area (Å²) >= 11 is 0. The predicted octanol–water partition coefficient (Wildman–Crippen LogP) is 3.47. The molecule has 2 aromatic rings. The van der Waals surface area contributed by atoms with Crippen molar-refractivity contribution < 1.29 is 9.53 Å². The van der Waals surface area contributed by atoms with Crippen molar-refractivity contribution in [2.75, 3.05) is 18.6 Å². The molecule has 0 fully saturated rings. The third-order valence-electron chi connectivity index (χ3n) is 4.10. The Morgan fingerprint density at radius 2 is 2.00 bits per heavy atom. The van der Waals surface area contributed by atoms with E-state index in [1.807, 2.05) is 31.2 Å². The van der Waals surface area contributed by atoms with Gasteiger partial charge >= 0.3 is 0 Å². The van der Waals surface area contributed by atoms with Crippen LogP contribution in [0.1, 0.15) is 25.0 Å². The van der Waals surface area contributed by atoms with Gasteiger partial charge in [0.15, 0.2) is 5.78 Å². The fraction of sp³-hybridized carbons (Fsp3) is 0.263. The van der Waals surface area contributed by atoms with E-state index < -0.39 is 0 Å². The number of hydrogen-bond donors (Lipinski definition) is 0. The number of carbonyl (C=O) groups excluding carboxylic acids is 1. The zero-order chi connectivity index (χ0) is 16.4. The fourth-order valence-corrected chi connectivity index (χ4v) is 3.17. The lowest BCUT2D eigenvalue weighted by Gasteiger charge is -2.33.